The second-order valence-electron chi connectivity index (χ2n) is 3.91. The Labute approximate surface area is 79.7 Å². The molecule has 4 nitrogen and oxygen atoms in total. The monoisotopic (exact) mass is 185 g/mol. The van der Waals surface area contributed by atoms with E-state index in [1.807, 2.05) is 18.9 Å². The Bertz CT molecular complexity index is 182. The molecule has 0 aromatic rings. The summed E-state index contributed by atoms with van der Waals surface area (Å²) in [6.45, 7) is 5.01. The van der Waals surface area contributed by atoms with Gasteiger partial charge in [-0.1, -0.05) is 0 Å². The lowest BCUT2D eigenvalue weighted by molar-refractivity contribution is -0.131. The Morgan fingerprint density at radius 1 is 1.54 bits per heavy atom. The van der Waals surface area contributed by atoms with Crippen LogP contribution in [-0.4, -0.2) is 55.0 Å². The normalized spacial score (nSPS) is 23.0. The quantitative estimate of drug-likeness (QED) is 0.631. The lowest BCUT2D eigenvalue weighted by atomic mass is 10.3. The highest BCUT2D eigenvalue weighted by atomic mass is 16.2. The molecule has 1 unspecified atom stereocenters. The van der Waals surface area contributed by atoms with E-state index in [9.17, 15) is 4.79 Å². The van der Waals surface area contributed by atoms with Crippen molar-refractivity contribution in [2.45, 2.75) is 19.4 Å². The van der Waals surface area contributed by atoms with Gasteiger partial charge in [0.05, 0.1) is 6.54 Å². The summed E-state index contributed by atoms with van der Waals surface area (Å²) in [5, 5.41) is 0. The third kappa shape index (κ3) is 3.32. The molecule has 1 amide bonds. The highest BCUT2D eigenvalue weighted by molar-refractivity contribution is 5.78. The third-order valence-corrected chi connectivity index (χ3v) is 2.23. The fraction of sp³-hybridized carbons (Fsp3) is 0.889. The van der Waals surface area contributed by atoms with Crippen molar-refractivity contribution < 1.29 is 4.79 Å². The number of carbonyl (C=O) groups excluding carboxylic acids is 1. The number of hydrogen-bond acceptors (Lipinski definition) is 3. The molecule has 0 saturated carbocycles. The van der Waals surface area contributed by atoms with Gasteiger partial charge in [-0.05, 0) is 20.4 Å². The SMILES string of the molecule is CC(N)CN1CCCN(C)CC1=O. The zero-order valence-electron chi connectivity index (χ0n) is 8.49. The Morgan fingerprint density at radius 2 is 2.23 bits per heavy atom. The van der Waals surface area contributed by atoms with Crippen molar-refractivity contribution in [3.05, 3.63) is 0 Å². The lowest BCUT2D eigenvalue weighted by Crippen LogP contribution is -2.41. The van der Waals surface area contributed by atoms with E-state index < -0.39 is 0 Å². The summed E-state index contributed by atoms with van der Waals surface area (Å²) in [4.78, 5) is 15.5. The maximum absolute atomic E-state index is 11.6. The molecule has 0 radical (unpaired) electrons. The number of amides is 1. The summed E-state index contributed by atoms with van der Waals surface area (Å²) in [5.41, 5.74) is 5.66. The van der Waals surface area contributed by atoms with Gasteiger partial charge < -0.3 is 10.6 Å². The van der Waals surface area contributed by atoms with Crippen LogP contribution >= 0.6 is 0 Å². The van der Waals surface area contributed by atoms with E-state index in [4.69, 9.17) is 5.73 Å². The van der Waals surface area contributed by atoms with Crippen LogP contribution in [0.4, 0.5) is 0 Å². The van der Waals surface area contributed by atoms with Gasteiger partial charge in [0.25, 0.3) is 0 Å². The predicted molar refractivity (Wildman–Crippen MR) is 52.3 cm³/mol. The van der Waals surface area contributed by atoms with Gasteiger partial charge in [-0.3, -0.25) is 9.69 Å². The van der Waals surface area contributed by atoms with E-state index in [0.29, 0.717) is 13.1 Å². The topological polar surface area (TPSA) is 49.6 Å². The van der Waals surface area contributed by atoms with Crippen molar-refractivity contribution in [3.8, 4) is 0 Å². The molecular formula is C9H19N3O. The van der Waals surface area contributed by atoms with Crippen LogP contribution in [0.15, 0.2) is 0 Å². The van der Waals surface area contributed by atoms with Crippen LogP contribution < -0.4 is 5.73 Å². The molecule has 1 heterocycles. The van der Waals surface area contributed by atoms with Gasteiger partial charge in [0.15, 0.2) is 0 Å². The summed E-state index contributed by atoms with van der Waals surface area (Å²) < 4.78 is 0. The largest absolute Gasteiger partial charge is 0.340 e. The summed E-state index contributed by atoms with van der Waals surface area (Å²) in [7, 11) is 1.98. The Balaban J connectivity index is 2.48. The van der Waals surface area contributed by atoms with Gasteiger partial charge in [0, 0.05) is 25.7 Å². The minimum absolute atomic E-state index is 0.0763. The van der Waals surface area contributed by atoms with Crippen molar-refractivity contribution in [2.75, 3.05) is 33.2 Å². The molecule has 1 saturated heterocycles. The van der Waals surface area contributed by atoms with E-state index in [1.54, 1.807) is 0 Å². The van der Waals surface area contributed by atoms with E-state index in [1.165, 1.54) is 0 Å². The first-order valence-corrected chi connectivity index (χ1v) is 4.81. The van der Waals surface area contributed by atoms with Crippen LogP contribution in [0.1, 0.15) is 13.3 Å². The standard InChI is InChI=1S/C9H19N3O/c1-8(10)6-12-5-3-4-11(2)7-9(12)13/h8H,3-7,10H2,1-2H3. The number of nitrogens with two attached hydrogens (primary N) is 1. The van der Waals surface area contributed by atoms with Gasteiger partial charge in [0.1, 0.15) is 0 Å². The number of carbonyl (C=O) groups is 1. The maximum Gasteiger partial charge on any atom is 0.236 e. The van der Waals surface area contributed by atoms with Gasteiger partial charge in [-0.2, -0.15) is 0 Å². The number of likely N-dealkylation sites (N-methyl/N-ethyl adjacent to an activating group) is 1. The molecule has 1 aliphatic heterocycles. The van der Waals surface area contributed by atoms with Gasteiger partial charge in [0.2, 0.25) is 5.91 Å². The average Bonchev–Trinajstić information content (AvgIpc) is 2.13. The zero-order chi connectivity index (χ0) is 9.84. The van der Waals surface area contributed by atoms with E-state index in [0.717, 1.165) is 19.5 Å². The fourth-order valence-corrected chi connectivity index (χ4v) is 1.61. The van der Waals surface area contributed by atoms with Crippen LogP contribution in [0.3, 0.4) is 0 Å². The van der Waals surface area contributed by atoms with Gasteiger partial charge in [-0.25, -0.2) is 0 Å². The smallest absolute Gasteiger partial charge is 0.236 e. The van der Waals surface area contributed by atoms with Gasteiger partial charge in [-0.15, -0.1) is 0 Å². The minimum atomic E-state index is 0.0763. The number of rotatable bonds is 2. The maximum atomic E-state index is 11.6. The van der Waals surface area contributed by atoms with Crippen molar-refractivity contribution in [3.63, 3.8) is 0 Å². The Kier molecular flexibility index (Phi) is 3.69. The molecule has 1 fully saturated rings. The highest BCUT2D eigenvalue weighted by Gasteiger charge is 2.19. The average molecular weight is 185 g/mol. The van der Waals surface area contributed by atoms with E-state index in [-0.39, 0.29) is 11.9 Å². The van der Waals surface area contributed by atoms with Crippen molar-refractivity contribution in [2.24, 2.45) is 5.73 Å². The number of nitrogens with zero attached hydrogens (tertiary/aromatic N) is 2. The minimum Gasteiger partial charge on any atom is -0.340 e. The molecule has 1 aliphatic rings. The molecule has 13 heavy (non-hydrogen) atoms. The van der Waals surface area contributed by atoms with Crippen LogP contribution in [0.2, 0.25) is 0 Å². The van der Waals surface area contributed by atoms with E-state index in [2.05, 4.69) is 4.90 Å². The molecule has 1 rings (SSSR count). The van der Waals surface area contributed by atoms with E-state index >= 15 is 0 Å². The highest BCUT2D eigenvalue weighted by Crippen LogP contribution is 2.02. The van der Waals surface area contributed by atoms with Crippen LogP contribution in [0.5, 0.6) is 0 Å². The second-order valence-corrected chi connectivity index (χ2v) is 3.91. The van der Waals surface area contributed by atoms with Crippen LogP contribution in [-0.2, 0) is 4.79 Å². The molecule has 4 heteroatoms. The zero-order valence-corrected chi connectivity index (χ0v) is 8.49. The van der Waals surface area contributed by atoms with Crippen LogP contribution in [0, 0.1) is 0 Å². The summed E-state index contributed by atoms with van der Waals surface area (Å²) in [6.07, 6.45) is 1.05. The predicted octanol–water partition coefficient (Wildman–Crippen LogP) is -0.502. The Morgan fingerprint density at radius 3 is 2.85 bits per heavy atom. The molecule has 0 aromatic heterocycles. The lowest BCUT2D eigenvalue weighted by Gasteiger charge is -2.22. The molecule has 2 N–H and O–H groups in total. The van der Waals surface area contributed by atoms with Gasteiger partial charge >= 0.3 is 0 Å². The number of hydrogen-bond donors (Lipinski definition) is 1. The molecule has 76 valence electrons. The molecule has 0 bridgehead atoms. The summed E-state index contributed by atoms with van der Waals surface area (Å²) >= 11 is 0. The molecule has 0 spiro atoms. The summed E-state index contributed by atoms with van der Waals surface area (Å²) in [6, 6.07) is 0.0763. The first-order chi connectivity index (χ1) is 6.09. The Hall–Kier alpha value is -0.610. The first kappa shape index (κ1) is 10.5. The van der Waals surface area contributed by atoms with Crippen molar-refractivity contribution in [1.82, 2.24) is 9.80 Å². The molecule has 1 atom stereocenters. The van der Waals surface area contributed by atoms with Crippen molar-refractivity contribution in [1.29, 1.82) is 0 Å². The van der Waals surface area contributed by atoms with Crippen molar-refractivity contribution >= 4 is 5.91 Å². The third-order valence-electron chi connectivity index (χ3n) is 2.23. The fourth-order valence-electron chi connectivity index (χ4n) is 1.61. The first-order valence-electron chi connectivity index (χ1n) is 4.81. The van der Waals surface area contributed by atoms with Crippen LogP contribution in [0.25, 0.3) is 0 Å². The molecule has 0 aliphatic carbocycles. The summed E-state index contributed by atoms with van der Waals surface area (Å²) in [5.74, 6) is 0.206. The second kappa shape index (κ2) is 4.58. The molecular weight excluding hydrogens is 166 g/mol. The molecule has 0 aromatic carbocycles.